The van der Waals surface area contributed by atoms with Crippen LogP contribution in [0, 0.1) is 16.7 Å². The highest BCUT2D eigenvalue weighted by molar-refractivity contribution is 7.87. The highest BCUT2D eigenvalue weighted by atomic mass is 32.2. The molecule has 1 saturated heterocycles. The van der Waals surface area contributed by atoms with Gasteiger partial charge in [-0.15, -0.1) is 0 Å². The molecule has 3 unspecified atom stereocenters. The number of carbonyl (C=O) groups excluding carboxylic acids is 3. The van der Waals surface area contributed by atoms with Crippen molar-refractivity contribution in [1.82, 2.24) is 25.0 Å². The van der Waals surface area contributed by atoms with Gasteiger partial charge in [-0.3, -0.25) is 18.9 Å². The Bertz CT molecular complexity index is 2050. The first-order chi connectivity index (χ1) is 28.5. The number of nitrogens with one attached hydrogen (secondary N) is 3. The van der Waals surface area contributed by atoms with Gasteiger partial charge in [0.1, 0.15) is 5.25 Å². The Labute approximate surface area is 355 Å². The zero-order valence-electron chi connectivity index (χ0n) is 36.4. The van der Waals surface area contributed by atoms with Gasteiger partial charge in [-0.1, -0.05) is 47.0 Å². The largest absolute Gasteiger partial charge is 0.395 e. The third-order valence-corrected chi connectivity index (χ3v) is 14.4. The molecule has 2 amide bonds. The van der Waals surface area contributed by atoms with Crippen LogP contribution in [0.1, 0.15) is 120 Å². The fourth-order valence-electron chi connectivity index (χ4n) is 9.13. The molecule has 15 nitrogen and oxygen atoms in total. The molecule has 3 aliphatic rings. The van der Waals surface area contributed by atoms with Gasteiger partial charge in [0.15, 0.2) is 11.4 Å². The monoisotopic (exact) mass is 853 g/mol. The summed E-state index contributed by atoms with van der Waals surface area (Å²) in [7, 11) is -2.22. The number of hydrogen-bond acceptors (Lipinski definition) is 11. The third kappa shape index (κ3) is 10.9. The summed E-state index contributed by atoms with van der Waals surface area (Å²) in [5.74, 6) is -0.726. The molecule has 3 aromatic rings. The number of rotatable bonds is 19. The van der Waals surface area contributed by atoms with Gasteiger partial charge in [0.25, 0.3) is 16.0 Å². The number of nitrogens with zero attached hydrogens (tertiary/aromatic N) is 4. The number of amides is 2. The quantitative estimate of drug-likeness (QED) is 0.0696. The van der Waals surface area contributed by atoms with Crippen molar-refractivity contribution in [3.8, 4) is 0 Å². The van der Waals surface area contributed by atoms with Crippen molar-refractivity contribution in [3.05, 3.63) is 47.3 Å². The van der Waals surface area contributed by atoms with Crippen molar-refractivity contribution in [1.29, 1.82) is 0 Å². The first-order valence-corrected chi connectivity index (χ1v) is 23.3. The Morgan fingerprint density at radius 2 is 1.68 bits per heavy atom. The van der Waals surface area contributed by atoms with Gasteiger partial charge in [0.2, 0.25) is 5.91 Å². The van der Waals surface area contributed by atoms with Crippen LogP contribution in [0.4, 0.5) is 11.4 Å². The van der Waals surface area contributed by atoms with Gasteiger partial charge in [-0.2, -0.15) is 13.5 Å². The number of aliphatic hydroxyl groups is 1. The molecule has 3 fully saturated rings. The van der Waals surface area contributed by atoms with Gasteiger partial charge < -0.3 is 30.7 Å². The predicted octanol–water partition coefficient (Wildman–Crippen LogP) is 6.01. The molecule has 0 spiro atoms. The number of likely N-dealkylation sites (N-methyl/N-ethyl adjacent to an activating group) is 1. The van der Waals surface area contributed by atoms with Crippen molar-refractivity contribution >= 4 is 50.1 Å². The van der Waals surface area contributed by atoms with Crippen LogP contribution in [-0.4, -0.2) is 107 Å². The van der Waals surface area contributed by atoms with Crippen molar-refractivity contribution in [2.24, 2.45) is 16.7 Å². The summed E-state index contributed by atoms with van der Waals surface area (Å²) >= 11 is 0. The van der Waals surface area contributed by atoms with Crippen molar-refractivity contribution in [2.45, 2.75) is 130 Å². The number of hydrogen-bond donors (Lipinski definition) is 5. The summed E-state index contributed by atoms with van der Waals surface area (Å²) in [6.07, 6.45) is 11.6. The van der Waals surface area contributed by atoms with E-state index in [0.29, 0.717) is 37.2 Å². The third-order valence-electron chi connectivity index (χ3n) is 13.3. The zero-order valence-corrected chi connectivity index (χ0v) is 37.2. The molecule has 16 heteroatoms. The van der Waals surface area contributed by atoms with Gasteiger partial charge in [0.05, 0.1) is 23.9 Å². The maximum absolute atomic E-state index is 13.2. The lowest BCUT2D eigenvalue weighted by Crippen LogP contribution is -2.38. The van der Waals surface area contributed by atoms with Crippen LogP contribution in [0.2, 0.25) is 0 Å². The number of Topliss-reactive ketones (excluding diaryl/α,β-unsaturated/α-hetero) is 1. The Hall–Kier alpha value is -3.96. The second-order valence-corrected chi connectivity index (χ2v) is 18.9. The molecule has 3 heterocycles. The molecule has 1 aromatic carbocycles. The summed E-state index contributed by atoms with van der Waals surface area (Å²) in [5, 5.41) is 23.1. The number of aliphatic hydroxyl groups excluding tert-OH is 1. The number of aromatic nitrogens is 3. The van der Waals surface area contributed by atoms with E-state index in [1.54, 1.807) is 24.3 Å². The lowest BCUT2D eigenvalue weighted by atomic mass is 9.70. The molecule has 2 saturated carbocycles. The standard InChI is InChI=1S/C34H51N7O4.C10H16O4S/c1-4-30-28(32(38-27-16-21-45-22-17-27)29-24-36-41(5-2)33(29)39-30)23-35-34(44)25-12-14-26(15-13-25)37-31(43)11-9-7-6-8-10-18-40(3)19-20-42;1-9(2)6-4-5-10(9,3)8(11)7(6)15(12,13)14/h12-15,24,27,42H,4-11,16-23H2,1-3H3,(H,35,44)(H,37,43)(H,38,39);6-7H,4-5H2,1-3H3,(H,12,13,14). The molecule has 5 N–H and O–H groups in total. The fraction of sp³-hybridized carbons (Fsp3) is 0.659. The fourth-order valence-corrected chi connectivity index (χ4v) is 10.5. The molecular formula is C44H67N7O8S. The lowest BCUT2D eigenvalue weighted by molar-refractivity contribution is -0.128. The molecule has 332 valence electrons. The Kier molecular flexibility index (Phi) is 16.3. The number of carbonyl (C=O) groups is 3. The van der Waals surface area contributed by atoms with Crippen LogP contribution in [0.25, 0.3) is 11.0 Å². The van der Waals surface area contributed by atoms with E-state index in [-0.39, 0.29) is 41.6 Å². The summed E-state index contributed by atoms with van der Waals surface area (Å²) in [4.78, 5) is 44.7. The van der Waals surface area contributed by atoms with E-state index in [1.165, 1.54) is 0 Å². The van der Waals surface area contributed by atoms with Gasteiger partial charge >= 0.3 is 0 Å². The molecule has 0 radical (unpaired) electrons. The Morgan fingerprint density at radius 1 is 1.00 bits per heavy atom. The van der Waals surface area contributed by atoms with Crippen LogP contribution < -0.4 is 16.0 Å². The van der Waals surface area contributed by atoms with Crippen molar-refractivity contribution < 1.29 is 37.2 Å². The second-order valence-electron chi connectivity index (χ2n) is 17.3. The summed E-state index contributed by atoms with van der Waals surface area (Å²) < 4.78 is 39.0. The van der Waals surface area contributed by atoms with Gasteiger partial charge in [-0.25, -0.2) is 9.67 Å². The highest BCUT2D eigenvalue weighted by Gasteiger charge is 2.69. The van der Waals surface area contributed by atoms with E-state index in [1.807, 2.05) is 38.7 Å². The van der Waals surface area contributed by atoms with Crippen molar-refractivity contribution in [3.63, 3.8) is 0 Å². The number of anilines is 2. The SMILES string of the molecule is CC12CCC(C(S(=O)(=O)O)C1=O)C2(C)C.CCc1nc2c(cnn2CC)c(NC2CCOCC2)c1CNC(=O)c1ccc(NC(=O)CCCCCCCN(C)CCO)cc1. The number of benzene rings is 1. The van der Waals surface area contributed by atoms with Crippen molar-refractivity contribution in [2.75, 3.05) is 50.6 Å². The maximum Gasteiger partial charge on any atom is 0.275 e. The number of ketones is 1. The van der Waals surface area contributed by atoms with Gasteiger partial charge in [0, 0.05) is 73.2 Å². The van der Waals surface area contributed by atoms with Crippen LogP contribution >= 0.6 is 0 Å². The average Bonchev–Trinajstić information content (AvgIpc) is 3.78. The summed E-state index contributed by atoms with van der Waals surface area (Å²) in [5.41, 5.74) is 4.07. The maximum atomic E-state index is 13.2. The second kappa shape index (κ2) is 20.7. The molecular weight excluding hydrogens is 787 g/mol. The number of ether oxygens (including phenoxy) is 1. The van der Waals surface area contributed by atoms with Crippen LogP contribution in [0.15, 0.2) is 30.5 Å². The lowest BCUT2D eigenvalue weighted by Gasteiger charge is -2.32. The van der Waals surface area contributed by atoms with E-state index in [0.717, 1.165) is 112 Å². The molecule has 2 aliphatic carbocycles. The normalized spacial score (nSPS) is 21.2. The number of aryl methyl sites for hydroxylation is 2. The zero-order chi connectivity index (χ0) is 43.7. The Balaban J connectivity index is 0.000000379. The van der Waals surface area contributed by atoms with E-state index in [4.69, 9.17) is 19.4 Å². The molecule has 6 rings (SSSR count). The van der Waals surface area contributed by atoms with Crippen LogP contribution in [0.3, 0.4) is 0 Å². The molecule has 2 bridgehead atoms. The summed E-state index contributed by atoms with van der Waals surface area (Å²) in [6.45, 7) is 14.2. The number of unbranched alkanes of at least 4 members (excludes halogenated alkanes) is 4. The highest BCUT2D eigenvalue weighted by Crippen LogP contribution is 2.64. The smallest absolute Gasteiger partial charge is 0.275 e. The molecule has 60 heavy (non-hydrogen) atoms. The number of fused-ring (bicyclic) bond motifs is 3. The van der Waals surface area contributed by atoms with E-state index in [2.05, 4.69) is 39.8 Å². The van der Waals surface area contributed by atoms with E-state index in [9.17, 15) is 22.8 Å². The molecule has 1 aliphatic heterocycles. The minimum atomic E-state index is -4.24. The first-order valence-electron chi connectivity index (χ1n) is 21.7. The predicted molar refractivity (Wildman–Crippen MR) is 234 cm³/mol. The molecule has 3 atom stereocenters. The van der Waals surface area contributed by atoms with Crippen LogP contribution in [-0.2, 0) is 44.0 Å². The number of pyridine rings is 1. The van der Waals surface area contributed by atoms with Crippen LogP contribution in [0.5, 0.6) is 0 Å². The van der Waals surface area contributed by atoms with E-state index < -0.39 is 20.8 Å². The Morgan fingerprint density at radius 3 is 2.28 bits per heavy atom. The van der Waals surface area contributed by atoms with Gasteiger partial charge in [-0.05, 0) is 101 Å². The minimum Gasteiger partial charge on any atom is -0.395 e. The van der Waals surface area contributed by atoms with E-state index >= 15 is 0 Å². The minimum absolute atomic E-state index is 0.0131. The first kappa shape index (κ1) is 47.1. The average molecular weight is 854 g/mol. The molecule has 2 aromatic heterocycles. The topological polar surface area (TPSA) is 205 Å². The summed E-state index contributed by atoms with van der Waals surface area (Å²) in [6, 6.07) is 7.32.